The van der Waals surface area contributed by atoms with Gasteiger partial charge in [-0.3, -0.25) is 9.59 Å². The molecule has 26 heavy (non-hydrogen) atoms. The largest absolute Gasteiger partial charge is 0.339 e. The number of nitrogens with one attached hydrogen (secondary N) is 1. The number of carbonyl (C=O) groups excluding carboxylic acids is 2. The summed E-state index contributed by atoms with van der Waals surface area (Å²) in [7, 11) is 0. The Morgan fingerprint density at radius 1 is 1.27 bits per heavy atom. The molecule has 0 aromatic heterocycles. The number of amides is 2. The maximum Gasteiger partial charge on any atom is 0.229 e. The van der Waals surface area contributed by atoms with Gasteiger partial charge in [0, 0.05) is 24.7 Å². The van der Waals surface area contributed by atoms with Crippen LogP contribution in [0.5, 0.6) is 0 Å². The maximum absolute atomic E-state index is 12.9. The number of rotatable bonds is 4. The summed E-state index contributed by atoms with van der Waals surface area (Å²) in [4.78, 5) is 27.5. The standard InChI is InChI=1S/C22H32N2O2/c1-5-17-10-6-9-15(3)21(17)23-22(26)18-12-20(25)24(13-18)19-11-7-8-14(2)16(19)4/h6,9-10,14,16,18-19H,5,7-8,11-13H2,1-4H3,(H,23,26)/t14-,16-,18-,19+/m0/s1. The van der Waals surface area contributed by atoms with E-state index in [0.29, 0.717) is 30.8 Å². The predicted octanol–water partition coefficient (Wildman–Crippen LogP) is 4.17. The Balaban J connectivity index is 1.70. The minimum absolute atomic E-state index is 0.0126. The fraction of sp³-hybridized carbons (Fsp3) is 0.636. The quantitative estimate of drug-likeness (QED) is 0.880. The number of anilines is 1. The molecule has 4 nitrogen and oxygen atoms in total. The molecule has 1 aliphatic carbocycles. The van der Waals surface area contributed by atoms with Gasteiger partial charge in [-0.1, -0.05) is 51.8 Å². The van der Waals surface area contributed by atoms with Crippen molar-refractivity contribution in [2.75, 3.05) is 11.9 Å². The molecule has 1 aromatic carbocycles. The predicted molar refractivity (Wildman–Crippen MR) is 105 cm³/mol. The topological polar surface area (TPSA) is 49.4 Å². The normalized spacial score (nSPS) is 29.1. The van der Waals surface area contributed by atoms with E-state index in [1.165, 1.54) is 12.8 Å². The van der Waals surface area contributed by atoms with Crippen LogP contribution in [0.15, 0.2) is 18.2 Å². The first-order valence-electron chi connectivity index (χ1n) is 10.1. The lowest BCUT2D eigenvalue weighted by Crippen LogP contribution is -2.45. The molecule has 2 aliphatic rings. The molecule has 0 spiro atoms. The third-order valence-electron chi connectivity index (χ3n) is 6.58. The van der Waals surface area contributed by atoms with E-state index in [1.54, 1.807) is 0 Å². The van der Waals surface area contributed by atoms with E-state index < -0.39 is 0 Å². The highest BCUT2D eigenvalue weighted by molar-refractivity contribution is 5.98. The van der Waals surface area contributed by atoms with Crippen LogP contribution >= 0.6 is 0 Å². The SMILES string of the molecule is CCc1cccc(C)c1NC(=O)[C@H]1CC(=O)N([C@@H]2CCC[C@H](C)[C@@H]2C)C1. The average Bonchev–Trinajstić information content (AvgIpc) is 3.00. The van der Waals surface area contributed by atoms with Crippen molar-refractivity contribution in [2.45, 2.75) is 65.8 Å². The van der Waals surface area contributed by atoms with Crippen molar-refractivity contribution in [3.05, 3.63) is 29.3 Å². The highest BCUT2D eigenvalue weighted by Crippen LogP contribution is 2.36. The van der Waals surface area contributed by atoms with Gasteiger partial charge in [-0.25, -0.2) is 0 Å². The number of para-hydroxylation sites is 1. The zero-order chi connectivity index (χ0) is 18.8. The number of nitrogens with zero attached hydrogens (tertiary/aromatic N) is 1. The first-order chi connectivity index (χ1) is 12.4. The molecule has 4 atom stereocenters. The lowest BCUT2D eigenvalue weighted by Gasteiger charge is -2.40. The van der Waals surface area contributed by atoms with Gasteiger partial charge in [0.25, 0.3) is 0 Å². The molecule has 1 saturated carbocycles. The maximum atomic E-state index is 12.9. The number of hydrogen-bond acceptors (Lipinski definition) is 2. The summed E-state index contributed by atoms with van der Waals surface area (Å²) in [5.41, 5.74) is 3.15. The first-order valence-corrected chi connectivity index (χ1v) is 10.1. The Hall–Kier alpha value is -1.84. The number of carbonyl (C=O) groups is 2. The van der Waals surface area contributed by atoms with Gasteiger partial charge in [-0.05, 0) is 42.7 Å². The van der Waals surface area contributed by atoms with Crippen LogP contribution in [0, 0.1) is 24.7 Å². The number of likely N-dealkylation sites (tertiary alicyclic amines) is 1. The molecule has 1 aromatic rings. The summed E-state index contributed by atoms with van der Waals surface area (Å²) in [6.07, 6.45) is 4.72. The highest BCUT2D eigenvalue weighted by atomic mass is 16.2. The van der Waals surface area contributed by atoms with Gasteiger partial charge in [0.05, 0.1) is 5.92 Å². The zero-order valence-electron chi connectivity index (χ0n) is 16.5. The lowest BCUT2D eigenvalue weighted by atomic mass is 9.77. The summed E-state index contributed by atoms with van der Waals surface area (Å²) < 4.78 is 0. The third kappa shape index (κ3) is 3.65. The number of benzene rings is 1. The summed E-state index contributed by atoms with van der Waals surface area (Å²) >= 11 is 0. The molecule has 142 valence electrons. The lowest BCUT2D eigenvalue weighted by molar-refractivity contribution is -0.131. The van der Waals surface area contributed by atoms with Crippen molar-refractivity contribution in [2.24, 2.45) is 17.8 Å². The Morgan fingerprint density at radius 2 is 2.04 bits per heavy atom. The number of aryl methyl sites for hydroxylation is 2. The molecule has 2 fully saturated rings. The van der Waals surface area contributed by atoms with Gasteiger partial charge < -0.3 is 10.2 Å². The van der Waals surface area contributed by atoms with Crippen molar-refractivity contribution in [1.82, 2.24) is 4.90 Å². The van der Waals surface area contributed by atoms with Gasteiger partial charge in [-0.15, -0.1) is 0 Å². The van der Waals surface area contributed by atoms with Crippen LogP contribution in [0.3, 0.4) is 0 Å². The van der Waals surface area contributed by atoms with Crippen molar-refractivity contribution in [1.29, 1.82) is 0 Å². The summed E-state index contributed by atoms with van der Waals surface area (Å²) in [5, 5.41) is 3.12. The Kier molecular flexibility index (Phi) is 5.69. The fourth-order valence-corrected chi connectivity index (χ4v) is 4.65. The minimum Gasteiger partial charge on any atom is -0.339 e. The molecule has 1 heterocycles. The second-order valence-corrected chi connectivity index (χ2v) is 8.23. The van der Waals surface area contributed by atoms with Crippen molar-refractivity contribution < 1.29 is 9.59 Å². The van der Waals surface area contributed by atoms with Gasteiger partial charge in [0.2, 0.25) is 11.8 Å². The Labute approximate surface area is 157 Å². The van der Waals surface area contributed by atoms with Crippen LogP contribution in [0.2, 0.25) is 0 Å². The van der Waals surface area contributed by atoms with Crippen LogP contribution in [-0.4, -0.2) is 29.3 Å². The molecule has 1 N–H and O–H groups in total. The molecule has 1 aliphatic heterocycles. The van der Waals surface area contributed by atoms with Crippen molar-refractivity contribution >= 4 is 17.5 Å². The first kappa shape index (κ1) is 18.9. The van der Waals surface area contributed by atoms with Crippen LogP contribution in [0.1, 0.15) is 57.6 Å². The van der Waals surface area contributed by atoms with Gasteiger partial charge in [0.1, 0.15) is 0 Å². The van der Waals surface area contributed by atoms with E-state index in [4.69, 9.17) is 0 Å². The van der Waals surface area contributed by atoms with E-state index in [9.17, 15) is 9.59 Å². The molecule has 0 radical (unpaired) electrons. The molecular weight excluding hydrogens is 324 g/mol. The molecule has 4 heteroatoms. The molecule has 2 amide bonds. The van der Waals surface area contributed by atoms with Crippen molar-refractivity contribution in [3.63, 3.8) is 0 Å². The minimum atomic E-state index is -0.240. The van der Waals surface area contributed by atoms with Crippen molar-refractivity contribution in [3.8, 4) is 0 Å². The second kappa shape index (κ2) is 7.81. The Morgan fingerprint density at radius 3 is 2.77 bits per heavy atom. The van der Waals surface area contributed by atoms with E-state index in [0.717, 1.165) is 29.7 Å². The van der Waals surface area contributed by atoms with E-state index in [-0.39, 0.29) is 17.7 Å². The third-order valence-corrected chi connectivity index (χ3v) is 6.58. The van der Waals surface area contributed by atoms with Crippen LogP contribution in [-0.2, 0) is 16.0 Å². The molecule has 3 rings (SSSR count). The fourth-order valence-electron chi connectivity index (χ4n) is 4.65. The smallest absolute Gasteiger partial charge is 0.229 e. The number of hydrogen-bond donors (Lipinski definition) is 1. The van der Waals surface area contributed by atoms with E-state index in [2.05, 4.69) is 32.2 Å². The highest BCUT2D eigenvalue weighted by Gasteiger charge is 2.41. The average molecular weight is 357 g/mol. The van der Waals surface area contributed by atoms with Crippen LogP contribution < -0.4 is 5.32 Å². The Bertz CT molecular complexity index is 685. The second-order valence-electron chi connectivity index (χ2n) is 8.23. The van der Waals surface area contributed by atoms with Gasteiger partial charge in [0.15, 0.2) is 0 Å². The summed E-state index contributed by atoms with van der Waals surface area (Å²) in [6.45, 7) is 9.23. The monoisotopic (exact) mass is 356 g/mol. The van der Waals surface area contributed by atoms with Gasteiger partial charge in [-0.2, -0.15) is 0 Å². The van der Waals surface area contributed by atoms with E-state index in [1.807, 2.05) is 24.0 Å². The van der Waals surface area contributed by atoms with E-state index >= 15 is 0 Å². The molecule has 0 unspecified atom stereocenters. The van der Waals surface area contributed by atoms with Gasteiger partial charge >= 0.3 is 0 Å². The summed E-state index contributed by atoms with van der Waals surface area (Å²) in [5.74, 6) is 1.06. The van der Waals surface area contributed by atoms with Crippen LogP contribution in [0.4, 0.5) is 5.69 Å². The van der Waals surface area contributed by atoms with Crippen LogP contribution in [0.25, 0.3) is 0 Å². The zero-order valence-corrected chi connectivity index (χ0v) is 16.5. The molecule has 1 saturated heterocycles. The summed E-state index contributed by atoms with van der Waals surface area (Å²) in [6, 6.07) is 6.40. The molecule has 0 bridgehead atoms. The molecular formula is C22H32N2O2.